The fourth-order valence-corrected chi connectivity index (χ4v) is 2.62. The Morgan fingerprint density at radius 3 is 2.43 bits per heavy atom. The molecule has 0 aromatic heterocycles. The molecule has 1 amide bonds. The molecule has 5 nitrogen and oxygen atoms in total. The van der Waals surface area contributed by atoms with Gasteiger partial charge in [0.05, 0.1) is 18.9 Å². The van der Waals surface area contributed by atoms with Gasteiger partial charge in [-0.05, 0) is 55.4 Å². The summed E-state index contributed by atoms with van der Waals surface area (Å²) in [4.78, 5) is 12.5. The molecule has 0 fully saturated rings. The van der Waals surface area contributed by atoms with Crippen molar-refractivity contribution in [3.63, 3.8) is 0 Å². The van der Waals surface area contributed by atoms with Gasteiger partial charge >= 0.3 is 0 Å². The van der Waals surface area contributed by atoms with Gasteiger partial charge in [0.1, 0.15) is 11.5 Å². The maximum Gasteiger partial charge on any atom is 0.257 e. The first-order valence-corrected chi connectivity index (χ1v) is 10.1. The zero-order chi connectivity index (χ0) is 20.2. The highest BCUT2D eigenvalue weighted by Gasteiger charge is 2.11. The van der Waals surface area contributed by atoms with Crippen molar-refractivity contribution in [3.8, 4) is 11.5 Å². The first-order chi connectivity index (χ1) is 13.6. The Morgan fingerprint density at radius 2 is 1.68 bits per heavy atom. The molecule has 0 aliphatic carbocycles. The van der Waals surface area contributed by atoms with Crippen LogP contribution in [0.15, 0.2) is 48.5 Å². The number of amides is 1. The molecule has 2 aromatic carbocycles. The molecule has 0 unspecified atom stereocenters. The molecule has 0 aliphatic rings. The molecule has 2 N–H and O–H groups in total. The summed E-state index contributed by atoms with van der Waals surface area (Å²) in [6, 6.07) is 14.6. The van der Waals surface area contributed by atoms with Crippen LogP contribution in [-0.4, -0.2) is 24.2 Å². The Bertz CT molecular complexity index is 780. The molecule has 150 valence electrons. The highest BCUT2D eigenvalue weighted by molar-refractivity contribution is 7.80. The van der Waals surface area contributed by atoms with Crippen LogP contribution in [0.25, 0.3) is 0 Å². The van der Waals surface area contributed by atoms with E-state index in [-0.39, 0.29) is 11.0 Å². The molecule has 0 heterocycles. The molecule has 0 bridgehead atoms. The predicted molar refractivity (Wildman–Crippen MR) is 117 cm³/mol. The first-order valence-electron chi connectivity index (χ1n) is 9.71. The van der Waals surface area contributed by atoms with Gasteiger partial charge in [-0.3, -0.25) is 10.1 Å². The lowest BCUT2D eigenvalue weighted by Gasteiger charge is -2.14. The topological polar surface area (TPSA) is 59.6 Å². The van der Waals surface area contributed by atoms with E-state index in [9.17, 15) is 4.79 Å². The van der Waals surface area contributed by atoms with Crippen LogP contribution in [0.5, 0.6) is 11.5 Å². The van der Waals surface area contributed by atoms with Crippen LogP contribution in [0.3, 0.4) is 0 Å². The third-order valence-corrected chi connectivity index (χ3v) is 4.18. The van der Waals surface area contributed by atoms with Gasteiger partial charge in [0.15, 0.2) is 5.11 Å². The smallest absolute Gasteiger partial charge is 0.257 e. The second-order valence-corrected chi connectivity index (χ2v) is 6.74. The third-order valence-electron chi connectivity index (χ3n) is 3.98. The van der Waals surface area contributed by atoms with Crippen LogP contribution >= 0.6 is 12.2 Å². The van der Waals surface area contributed by atoms with Gasteiger partial charge in [-0.25, -0.2) is 0 Å². The lowest BCUT2D eigenvalue weighted by molar-refractivity contribution is 0.0977. The number of anilines is 1. The Morgan fingerprint density at radius 1 is 0.964 bits per heavy atom. The van der Waals surface area contributed by atoms with Crippen molar-refractivity contribution in [1.82, 2.24) is 5.32 Å². The molecule has 6 heteroatoms. The SMILES string of the molecule is CCCCOc1cccc(C(=O)NC(=S)Nc2ccccc2OCCCC)c1. The van der Waals surface area contributed by atoms with Gasteiger partial charge in [0, 0.05) is 5.56 Å². The van der Waals surface area contributed by atoms with Crippen LogP contribution < -0.4 is 20.1 Å². The van der Waals surface area contributed by atoms with Crippen molar-refractivity contribution in [2.45, 2.75) is 39.5 Å². The highest BCUT2D eigenvalue weighted by atomic mass is 32.1. The number of benzene rings is 2. The summed E-state index contributed by atoms with van der Waals surface area (Å²) >= 11 is 5.30. The van der Waals surface area contributed by atoms with Crippen molar-refractivity contribution in [2.75, 3.05) is 18.5 Å². The van der Waals surface area contributed by atoms with Gasteiger partial charge in [-0.1, -0.05) is 44.9 Å². The number of para-hydroxylation sites is 2. The van der Waals surface area contributed by atoms with E-state index >= 15 is 0 Å². The third kappa shape index (κ3) is 7.19. The number of carbonyl (C=O) groups is 1. The van der Waals surface area contributed by atoms with Crippen molar-refractivity contribution in [3.05, 3.63) is 54.1 Å². The van der Waals surface area contributed by atoms with E-state index < -0.39 is 0 Å². The molecule has 2 rings (SSSR count). The zero-order valence-electron chi connectivity index (χ0n) is 16.5. The van der Waals surface area contributed by atoms with E-state index in [2.05, 4.69) is 24.5 Å². The fraction of sp³-hybridized carbons (Fsp3) is 0.364. The molecule has 0 spiro atoms. The van der Waals surface area contributed by atoms with Gasteiger partial charge in [-0.15, -0.1) is 0 Å². The molecule has 0 aliphatic heterocycles. The largest absolute Gasteiger partial charge is 0.494 e. The minimum atomic E-state index is -0.289. The van der Waals surface area contributed by atoms with Gasteiger partial charge < -0.3 is 14.8 Å². The maximum absolute atomic E-state index is 12.5. The van der Waals surface area contributed by atoms with Gasteiger partial charge in [0.2, 0.25) is 0 Å². The van der Waals surface area contributed by atoms with Crippen molar-refractivity contribution in [2.24, 2.45) is 0 Å². The summed E-state index contributed by atoms with van der Waals surface area (Å²) in [6.45, 7) is 5.49. The summed E-state index contributed by atoms with van der Waals surface area (Å²) in [5.41, 5.74) is 1.21. The minimum Gasteiger partial charge on any atom is -0.494 e. The predicted octanol–water partition coefficient (Wildman–Crippen LogP) is 5.17. The van der Waals surface area contributed by atoms with Crippen molar-refractivity contribution < 1.29 is 14.3 Å². The average molecular weight is 401 g/mol. The van der Waals surface area contributed by atoms with E-state index in [1.54, 1.807) is 18.2 Å². The number of unbranched alkanes of at least 4 members (excludes halogenated alkanes) is 2. The zero-order valence-corrected chi connectivity index (χ0v) is 17.3. The average Bonchev–Trinajstić information content (AvgIpc) is 2.70. The van der Waals surface area contributed by atoms with Crippen LogP contribution in [0.1, 0.15) is 49.9 Å². The molecule has 0 saturated heterocycles. The Labute approximate surface area is 172 Å². The quantitative estimate of drug-likeness (QED) is 0.425. The second kappa shape index (κ2) is 12.0. The van der Waals surface area contributed by atoms with E-state index in [0.29, 0.717) is 30.3 Å². The molecule has 2 aromatic rings. The lowest BCUT2D eigenvalue weighted by Crippen LogP contribution is -2.34. The van der Waals surface area contributed by atoms with Crippen molar-refractivity contribution >= 4 is 28.9 Å². The van der Waals surface area contributed by atoms with E-state index in [0.717, 1.165) is 31.4 Å². The summed E-state index contributed by atoms with van der Waals surface area (Å²) < 4.78 is 11.4. The summed E-state index contributed by atoms with van der Waals surface area (Å²) in [5.74, 6) is 1.09. The normalized spacial score (nSPS) is 10.2. The number of hydrogen-bond donors (Lipinski definition) is 2. The summed E-state index contributed by atoms with van der Waals surface area (Å²) in [6.07, 6.45) is 4.07. The summed E-state index contributed by atoms with van der Waals surface area (Å²) in [5, 5.41) is 5.96. The number of ether oxygens (including phenoxy) is 2. The Hall–Kier alpha value is -2.60. The number of carbonyl (C=O) groups excluding carboxylic acids is 1. The molecule has 0 radical (unpaired) electrons. The number of rotatable bonds is 10. The molecule has 0 atom stereocenters. The Balaban J connectivity index is 1.94. The molecule has 28 heavy (non-hydrogen) atoms. The maximum atomic E-state index is 12.5. The lowest BCUT2D eigenvalue weighted by atomic mass is 10.2. The van der Waals surface area contributed by atoms with Crippen LogP contribution in [0.2, 0.25) is 0 Å². The number of thiocarbonyl (C=S) groups is 1. The van der Waals surface area contributed by atoms with Gasteiger partial charge in [-0.2, -0.15) is 0 Å². The van der Waals surface area contributed by atoms with Crippen molar-refractivity contribution in [1.29, 1.82) is 0 Å². The standard InChI is InChI=1S/C22H28N2O3S/c1-3-5-14-26-18-11-9-10-17(16-18)21(25)24-22(28)23-19-12-7-8-13-20(19)27-15-6-4-2/h7-13,16H,3-6,14-15H2,1-2H3,(H2,23,24,25,28). The van der Waals surface area contributed by atoms with E-state index in [1.807, 2.05) is 30.3 Å². The highest BCUT2D eigenvalue weighted by Crippen LogP contribution is 2.24. The Kier molecular flexibility index (Phi) is 9.28. The first kappa shape index (κ1) is 21.7. The van der Waals surface area contributed by atoms with Crippen LogP contribution in [0, 0.1) is 0 Å². The van der Waals surface area contributed by atoms with E-state index in [4.69, 9.17) is 21.7 Å². The van der Waals surface area contributed by atoms with Crippen LogP contribution in [0.4, 0.5) is 5.69 Å². The van der Waals surface area contributed by atoms with Gasteiger partial charge in [0.25, 0.3) is 5.91 Å². The molecule has 0 saturated carbocycles. The van der Waals surface area contributed by atoms with Crippen LogP contribution in [-0.2, 0) is 0 Å². The minimum absolute atomic E-state index is 0.217. The molecular formula is C22H28N2O3S. The monoisotopic (exact) mass is 400 g/mol. The summed E-state index contributed by atoms with van der Waals surface area (Å²) in [7, 11) is 0. The number of nitrogens with one attached hydrogen (secondary N) is 2. The van der Waals surface area contributed by atoms with E-state index in [1.165, 1.54) is 0 Å². The number of hydrogen-bond acceptors (Lipinski definition) is 4. The molecular weight excluding hydrogens is 372 g/mol. The fourth-order valence-electron chi connectivity index (χ4n) is 2.41. The second-order valence-electron chi connectivity index (χ2n) is 6.34.